The van der Waals surface area contributed by atoms with Gasteiger partial charge in [-0.1, -0.05) is 30.3 Å². The van der Waals surface area contributed by atoms with Crippen LogP contribution in [-0.4, -0.2) is 74.6 Å². The molecule has 0 bridgehead atoms. The van der Waals surface area contributed by atoms with Gasteiger partial charge in [0.2, 0.25) is 5.91 Å². The third-order valence-corrected chi connectivity index (χ3v) is 6.33. The Labute approximate surface area is 190 Å². The van der Waals surface area contributed by atoms with Gasteiger partial charge in [0.1, 0.15) is 0 Å². The molecule has 0 saturated carbocycles. The van der Waals surface area contributed by atoms with Crippen molar-refractivity contribution in [3.8, 4) is 0 Å². The van der Waals surface area contributed by atoms with Gasteiger partial charge < -0.3 is 20.1 Å². The van der Waals surface area contributed by atoms with Crippen molar-refractivity contribution in [2.24, 2.45) is 5.41 Å². The maximum Gasteiger partial charge on any atom is 0.325 e. The average molecular weight is 459 g/mol. The number of nitrogens with zero attached hydrogens (tertiary/aromatic N) is 2. The van der Waals surface area contributed by atoms with E-state index in [4.69, 9.17) is 9.90 Å². The lowest BCUT2D eigenvalue weighted by atomic mass is 9.71. The molecule has 2 saturated heterocycles. The molecule has 1 aromatic carbocycles. The first-order chi connectivity index (χ1) is 15.8. The van der Waals surface area contributed by atoms with Crippen LogP contribution in [-0.2, 0) is 22.6 Å². The van der Waals surface area contributed by atoms with E-state index in [1.54, 1.807) is 0 Å². The number of aromatic nitrogens is 2. The van der Waals surface area contributed by atoms with Crippen molar-refractivity contribution in [2.75, 3.05) is 26.2 Å². The largest absolute Gasteiger partial charge is 0.483 e. The number of aromatic amines is 2. The summed E-state index contributed by atoms with van der Waals surface area (Å²) in [5, 5.41) is 17.8. The molecule has 2 fully saturated rings. The second kappa shape index (κ2) is 11.1. The van der Waals surface area contributed by atoms with E-state index in [1.807, 2.05) is 35.2 Å². The molecule has 2 aliphatic rings. The molecule has 0 radical (unpaired) electrons. The normalized spacial score (nSPS) is 22.9. The first-order valence-electron chi connectivity index (χ1n) is 11.0. The predicted molar refractivity (Wildman–Crippen MR) is 121 cm³/mol. The molecule has 1 spiro atoms. The Morgan fingerprint density at radius 2 is 1.88 bits per heavy atom. The van der Waals surface area contributed by atoms with E-state index in [0.717, 1.165) is 18.4 Å². The Balaban J connectivity index is 0.000000968. The number of likely N-dealkylation sites (tertiary alicyclic amines) is 2. The molecule has 178 valence electrons. The Kier molecular flexibility index (Phi) is 8.18. The van der Waals surface area contributed by atoms with Crippen molar-refractivity contribution < 1.29 is 19.8 Å². The van der Waals surface area contributed by atoms with E-state index in [0.29, 0.717) is 51.3 Å². The van der Waals surface area contributed by atoms with E-state index in [1.165, 1.54) is 6.07 Å². The molecular weight excluding hydrogens is 428 g/mol. The standard InChI is InChI=1S/C22H28N4O4.CH2O2/c27-18-7-10-25(13-17-12-19(28)24-21(30)23-17)14-22(18)8-4-9-26(15-22)20(29)11-16-5-2-1-3-6-16;2-1-3/h1-3,5-6,12,18,27H,4,7-11,13-15H2,(H2,23,24,28,30);1H,(H,2,3)/t18-,22-;/m1./s1. The summed E-state index contributed by atoms with van der Waals surface area (Å²) >= 11 is 0. The number of benzene rings is 1. The van der Waals surface area contributed by atoms with Gasteiger partial charge in [-0.2, -0.15) is 0 Å². The van der Waals surface area contributed by atoms with Crippen molar-refractivity contribution in [1.82, 2.24) is 19.8 Å². The summed E-state index contributed by atoms with van der Waals surface area (Å²) in [6.07, 6.45) is 2.21. The Morgan fingerprint density at radius 1 is 1.15 bits per heavy atom. The Bertz CT molecular complexity index is 1020. The first-order valence-corrected chi connectivity index (χ1v) is 11.0. The molecule has 3 heterocycles. The SMILES string of the molecule is O=C(Cc1ccccc1)N1CCC[C@@]2(CN(Cc3cc(=O)[nH]c(=O)[nH]3)CC[C@H]2O)C1.O=CO. The van der Waals surface area contributed by atoms with Gasteiger partial charge in [-0.3, -0.25) is 24.3 Å². The molecular formula is C23H30N4O6. The van der Waals surface area contributed by atoms with Crippen LogP contribution in [0, 0.1) is 5.41 Å². The van der Waals surface area contributed by atoms with Crippen LogP contribution < -0.4 is 11.2 Å². The number of aliphatic hydroxyl groups excluding tert-OH is 1. The number of carbonyl (C=O) groups excluding carboxylic acids is 1. The van der Waals surface area contributed by atoms with E-state index < -0.39 is 17.4 Å². The summed E-state index contributed by atoms with van der Waals surface area (Å²) in [4.78, 5) is 53.3. The van der Waals surface area contributed by atoms with Crippen molar-refractivity contribution >= 4 is 12.4 Å². The Morgan fingerprint density at radius 3 is 2.58 bits per heavy atom. The highest BCUT2D eigenvalue weighted by molar-refractivity contribution is 5.79. The van der Waals surface area contributed by atoms with Crippen molar-refractivity contribution in [1.29, 1.82) is 0 Å². The molecule has 2 atom stereocenters. The molecule has 4 N–H and O–H groups in total. The predicted octanol–water partition coefficient (Wildman–Crippen LogP) is 0.182. The average Bonchev–Trinajstić information content (AvgIpc) is 2.77. The monoisotopic (exact) mass is 458 g/mol. The van der Waals surface area contributed by atoms with Crippen LogP contribution in [0.4, 0.5) is 0 Å². The number of amides is 1. The molecule has 10 heteroatoms. The van der Waals surface area contributed by atoms with Gasteiger partial charge in [0.15, 0.2) is 0 Å². The third kappa shape index (κ3) is 6.39. The van der Waals surface area contributed by atoms with Crippen molar-refractivity contribution in [3.05, 3.63) is 68.5 Å². The fraction of sp³-hybridized carbons (Fsp3) is 0.478. The highest BCUT2D eigenvalue weighted by atomic mass is 16.3. The fourth-order valence-electron chi connectivity index (χ4n) is 4.88. The smallest absolute Gasteiger partial charge is 0.325 e. The van der Waals surface area contributed by atoms with Gasteiger partial charge in [-0.05, 0) is 24.8 Å². The number of nitrogens with one attached hydrogen (secondary N) is 2. The third-order valence-electron chi connectivity index (χ3n) is 6.33. The molecule has 0 unspecified atom stereocenters. The summed E-state index contributed by atoms with van der Waals surface area (Å²) in [7, 11) is 0. The minimum Gasteiger partial charge on any atom is -0.483 e. The molecule has 10 nitrogen and oxygen atoms in total. The van der Waals surface area contributed by atoms with Crippen LogP contribution in [0.1, 0.15) is 30.5 Å². The zero-order chi connectivity index (χ0) is 23.8. The van der Waals surface area contributed by atoms with E-state index in [2.05, 4.69) is 14.9 Å². The van der Waals surface area contributed by atoms with Crippen LogP contribution >= 0.6 is 0 Å². The molecule has 2 aliphatic heterocycles. The number of H-pyrrole nitrogens is 2. The second-order valence-corrected chi connectivity index (χ2v) is 8.68. The summed E-state index contributed by atoms with van der Waals surface area (Å²) < 4.78 is 0. The lowest BCUT2D eigenvalue weighted by Crippen LogP contribution is -2.59. The number of carbonyl (C=O) groups is 2. The van der Waals surface area contributed by atoms with E-state index >= 15 is 0 Å². The van der Waals surface area contributed by atoms with Crippen molar-refractivity contribution in [3.63, 3.8) is 0 Å². The van der Waals surface area contributed by atoms with Crippen LogP contribution in [0.2, 0.25) is 0 Å². The molecule has 1 amide bonds. The van der Waals surface area contributed by atoms with Gasteiger partial charge in [0.25, 0.3) is 12.0 Å². The molecule has 4 rings (SSSR count). The second-order valence-electron chi connectivity index (χ2n) is 8.68. The zero-order valence-corrected chi connectivity index (χ0v) is 18.4. The minimum absolute atomic E-state index is 0.0866. The number of carboxylic acid groups (broad SMARTS) is 1. The minimum atomic E-state index is -0.514. The zero-order valence-electron chi connectivity index (χ0n) is 18.4. The van der Waals surface area contributed by atoms with Gasteiger partial charge in [0, 0.05) is 49.9 Å². The first kappa shape index (κ1) is 24.4. The highest BCUT2D eigenvalue weighted by Crippen LogP contribution is 2.39. The van der Waals surface area contributed by atoms with Crippen LogP contribution in [0.25, 0.3) is 0 Å². The Hall–Kier alpha value is -3.24. The van der Waals surface area contributed by atoms with Crippen LogP contribution in [0.3, 0.4) is 0 Å². The number of hydrogen-bond acceptors (Lipinski definition) is 6. The van der Waals surface area contributed by atoms with Gasteiger partial charge >= 0.3 is 5.69 Å². The lowest BCUT2D eigenvalue weighted by Gasteiger charge is -2.51. The summed E-state index contributed by atoms with van der Waals surface area (Å²) in [6.45, 7) is 2.73. The maximum absolute atomic E-state index is 12.9. The van der Waals surface area contributed by atoms with Crippen LogP contribution in [0.5, 0.6) is 0 Å². The topological polar surface area (TPSA) is 147 Å². The summed E-state index contributed by atoms with van der Waals surface area (Å²) in [6, 6.07) is 11.1. The molecule has 33 heavy (non-hydrogen) atoms. The summed E-state index contributed by atoms with van der Waals surface area (Å²) in [5.41, 5.74) is 0.231. The maximum atomic E-state index is 12.9. The molecule has 2 aromatic rings. The molecule has 1 aromatic heterocycles. The number of aliphatic hydroxyl groups is 1. The summed E-state index contributed by atoms with van der Waals surface area (Å²) in [5.74, 6) is 0.0866. The highest BCUT2D eigenvalue weighted by Gasteiger charge is 2.46. The van der Waals surface area contributed by atoms with E-state index in [-0.39, 0.29) is 17.8 Å². The molecule has 0 aliphatic carbocycles. The van der Waals surface area contributed by atoms with Gasteiger partial charge in [0.05, 0.1) is 12.5 Å². The number of hydrogen-bond donors (Lipinski definition) is 4. The quantitative estimate of drug-likeness (QED) is 0.478. The van der Waals surface area contributed by atoms with Gasteiger partial charge in [-0.25, -0.2) is 4.79 Å². The number of rotatable bonds is 4. The van der Waals surface area contributed by atoms with Gasteiger partial charge in [-0.15, -0.1) is 0 Å². The fourth-order valence-corrected chi connectivity index (χ4v) is 4.88. The van der Waals surface area contributed by atoms with Crippen LogP contribution in [0.15, 0.2) is 46.0 Å². The number of piperidine rings is 2. The van der Waals surface area contributed by atoms with Crippen molar-refractivity contribution in [2.45, 2.75) is 38.3 Å². The van der Waals surface area contributed by atoms with E-state index in [9.17, 15) is 19.5 Å². The lowest BCUT2D eigenvalue weighted by molar-refractivity contribution is -0.141.